The molecule has 26 heavy (non-hydrogen) atoms. The van der Waals surface area contributed by atoms with E-state index in [0.717, 1.165) is 16.6 Å². The number of carboxylic acids is 1. The molecule has 0 bridgehead atoms. The van der Waals surface area contributed by atoms with Crippen LogP contribution < -0.4 is 5.32 Å². The molecule has 2 aromatic heterocycles. The van der Waals surface area contributed by atoms with Gasteiger partial charge in [0, 0.05) is 24.2 Å². The molecule has 0 unspecified atom stereocenters. The van der Waals surface area contributed by atoms with Crippen LogP contribution in [-0.2, 0) is 6.42 Å². The molecule has 1 amide bonds. The van der Waals surface area contributed by atoms with Gasteiger partial charge in [0.2, 0.25) is 0 Å². The minimum Gasteiger partial charge on any atom is -0.478 e. The Balaban J connectivity index is 1.61. The summed E-state index contributed by atoms with van der Waals surface area (Å²) in [7, 11) is 0. The molecule has 2 heterocycles. The summed E-state index contributed by atoms with van der Waals surface area (Å²) in [6.07, 6.45) is 3.88. The van der Waals surface area contributed by atoms with Crippen LogP contribution in [0.4, 0.5) is 0 Å². The van der Waals surface area contributed by atoms with Gasteiger partial charge in [-0.05, 0) is 44.0 Å². The first-order valence-electron chi connectivity index (χ1n) is 8.39. The van der Waals surface area contributed by atoms with Gasteiger partial charge in [-0.15, -0.1) is 0 Å². The number of rotatable bonds is 6. The summed E-state index contributed by atoms with van der Waals surface area (Å²) in [6.45, 7) is 4.50. The molecule has 134 valence electrons. The topological polar surface area (TPSA) is 97.1 Å². The first kappa shape index (κ1) is 17.6. The van der Waals surface area contributed by atoms with Crippen LogP contribution in [0.3, 0.4) is 0 Å². The van der Waals surface area contributed by atoms with Crippen LogP contribution in [0, 0.1) is 0 Å². The van der Waals surface area contributed by atoms with Gasteiger partial charge < -0.3 is 10.4 Å². The van der Waals surface area contributed by atoms with Crippen molar-refractivity contribution in [3.05, 3.63) is 59.4 Å². The number of hydrogen-bond donors (Lipinski definition) is 2. The van der Waals surface area contributed by atoms with Crippen molar-refractivity contribution < 1.29 is 14.7 Å². The van der Waals surface area contributed by atoms with Gasteiger partial charge in [0.15, 0.2) is 5.65 Å². The molecule has 0 saturated carbocycles. The van der Waals surface area contributed by atoms with E-state index in [1.165, 1.54) is 0 Å². The summed E-state index contributed by atoms with van der Waals surface area (Å²) in [6, 6.07) is 8.61. The molecule has 0 aliphatic carbocycles. The van der Waals surface area contributed by atoms with E-state index in [0.29, 0.717) is 18.5 Å². The number of fused-ring (bicyclic) bond motifs is 1. The molecule has 0 radical (unpaired) electrons. The lowest BCUT2D eigenvalue weighted by Gasteiger charge is -2.07. The molecule has 0 saturated heterocycles. The van der Waals surface area contributed by atoms with Crippen molar-refractivity contribution >= 4 is 22.9 Å². The monoisotopic (exact) mass is 352 g/mol. The first-order chi connectivity index (χ1) is 12.5. The Morgan fingerprint density at radius 1 is 1.15 bits per heavy atom. The zero-order chi connectivity index (χ0) is 18.7. The Kier molecular flexibility index (Phi) is 4.97. The van der Waals surface area contributed by atoms with Crippen LogP contribution in [0.15, 0.2) is 42.7 Å². The van der Waals surface area contributed by atoms with Crippen molar-refractivity contribution in [3.8, 4) is 0 Å². The Bertz CT molecular complexity index is 945. The lowest BCUT2D eigenvalue weighted by atomic mass is 10.1. The number of carboxylic acid groups (broad SMARTS) is 1. The molecule has 3 aromatic rings. The van der Waals surface area contributed by atoms with Crippen molar-refractivity contribution in [2.24, 2.45) is 0 Å². The fourth-order valence-electron chi connectivity index (χ4n) is 2.68. The number of hydrogen-bond acceptors (Lipinski definition) is 4. The highest BCUT2D eigenvalue weighted by molar-refractivity contribution is 5.96. The van der Waals surface area contributed by atoms with Crippen LogP contribution in [0.1, 0.15) is 46.2 Å². The maximum absolute atomic E-state index is 12.3. The maximum Gasteiger partial charge on any atom is 0.335 e. The van der Waals surface area contributed by atoms with E-state index in [-0.39, 0.29) is 17.5 Å². The van der Waals surface area contributed by atoms with E-state index in [1.807, 2.05) is 18.5 Å². The molecule has 0 aliphatic heterocycles. The smallest absolute Gasteiger partial charge is 0.335 e. The van der Waals surface area contributed by atoms with Crippen LogP contribution in [0.25, 0.3) is 11.0 Å². The average Bonchev–Trinajstić information content (AvgIpc) is 3.05. The SMILES string of the molecule is CC(C)n1ncc2cc(C(=O)NCCc3ccc(C(=O)O)cc3)cnc21. The van der Waals surface area contributed by atoms with E-state index in [2.05, 4.69) is 15.4 Å². The summed E-state index contributed by atoms with van der Waals surface area (Å²) in [5.74, 6) is -1.15. The Morgan fingerprint density at radius 2 is 1.88 bits per heavy atom. The lowest BCUT2D eigenvalue weighted by molar-refractivity contribution is 0.0696. The van der Waals surface area contributed by atoms with Crippen molar-refractivity contribution in [3.63, 3.8) is 0 Å². The number of carbonyl (C=O) groups excluding carboxylic acids is 1. The van der Waals surface area contributed by atoms with Crippen molar-refractivity contribution in [1.82, 2.24) is 20.1 Å². The fourth-order valence-corrected chi connectivity index (χ4v) is 2.68. The minimum absolute atomic E-state index is 0.196. The first-order valence-corrected chi connectivity index (χ1v) is 8.39. The Morgan fingerprint density at radius 3 is 2.54 bits per heavy atom. The van der Waals surface area contributed by atoms with Crippen molar-refractivity contribution in [2.45, 2.75) is 26.3 Å². The van der Waals surface area contributed by atoms with Crippen LogP contribution in [0.2, 0.25) is 0 Å². The summed E-state index contributed by atoms with van der Waals surface area (Å²) < 4.78 is 1.82. The molecule has 7 nitrogen and oxygen atoms in total. The Labute approximate surface area is 150 Å². The summed E-state index contributed by atoms with van der Waals surface area (Å²) in [4.78, 5) is 27.5. The maximum atomic E-state index is 12.3. The number of nitrogens with one attached hydrogen (secondary N) is 1. The second kappa shape index (κ2) is 7.35. The van der Waals surface area contributed by atoms with E-state index in [4.69, 9.17) is 5.11 Å². The third kappa shape index (κ3) is 3.72. The Hall–Kier alpha value is -3.22. The number of carbonyl (C=O) groups is 2. The summed E-state index contributed by atoms with van der Waals surface area (Å²) in [5.41, 5.74) is 2.46. The predicted molar refractivity (Wildman–Crippen MR) is 97.4 cm³/mol. The number of amides is 1. The number of nitrogens with zero attached hydrogens (tertiary/aromatic N) is 3. The van der Waals surface area contributed by atoms with Gasteiger partial charge >= 0.3 is 5.97 Å². The van der Waals surface area contributed by atoms with E-state index in [9.17, 15) is 9.59 Å². The average molecular weight is 352 g/mol. The second-order valence-corrected chi connectivity index (χ2v) is 6.33. The molecule has 1 aromatic carbocycles. The fraction of sp³-hybridized carbons (Fsp3) is 0.263. The molecular formula is C19H20N4O3. The quantitative estimate of drug-likeness (QED) is 0.711. The van der Waals surface area contributed by atoms with E-state index < -0.39 is 5.97 Å². The van der Waals surface area contributed by atoms with Gasteiger partial charge in [0.1, 0.15) is 0 Å². The molecular weight excluding hydrogens is 332 g/mol. The van der Waals surface area contributed by atoms with Crippen molar-refractivity contribution in [2.75, 3.05) is 6.54 Å². The predicted octanol–water partition coefficient (Wildman–Crippen LogP) is 2.68. The summed E-state index contributed by atoms with van der Waals surface area (Å²) >= 11 is 0. The van der Waals surface area contributed by atoms with Gasteiger partial charge in [0.25, 0.3) is 5.91 Å². The highest BCUT2D eigenvalue weighted by atomic mass is 16.4. The van der Waals surface area contributed by atoms with Crippen LogP contribution >= 0.6 is 0 Å². The lowest BCUT2D eigenvalue weighted by Crippen LogP contribution is -2.25. The molecule has 0 spiro atoms. The standard InChI is InChI=1S/C19H20N4O3/c1-12(2)23-17-15(11-22-23)9-16(10-21-17)18(24)20-8-7-13-3-5-14(6-4-13)19(25)26/h3-6,9-12H,7-8H2,1-2H3,(H,20,24)(H,25,26). The number of pyridine rings is 1. The van der Waals surface area contributed by atoms with Gasteiger partial charge in [-0.25, -0.2) is 14.5 Å². The molecule has 3 rings (SSSR count). The normalized spacial score (nSPS) is 11.0. The molecule has 0 aliphatic rings. The largest absolute Gasteiger partial charge is 0.478 e. The number of aromatic nitrogens is 3. The molecule has 2 N–H and O–H groups in total. The number of benzene rings is 1. The highest BCUT2D eigenvalue weighted by Crippen LogP contribution is 2.16. The van der Waals surface area contributed by atoms with Gasteiger partial charge in [-0.3, -0.25) is 4.79 Å². The number of aromatic carboxylic acids is 1. The van der Waals surface area contributed by atoms with Gasteiger partial charge in [0.05, 0.1) is 17.3 Å². The van der Waals surface area contributed by atoms with E-state index in [1.54, 1.807) is 42.7 Å². The third-order valence-corrected chi connectivity index (χ3v) is 4.08. The molecule has 7 heteroatoms. The molecule has 0 fully saturated rings. The minimum atomic E-state index is -0.950. The summed E-state index contributed by atoms with van der Waals surface area (Å²) in [5, 5.41) is 16.9. The van der Waals surface area contributed by atoms with Crippen molar-refractivity contribution in [1.29, 1.82) is 0 Å². The molecule has 0 atom stereocenters. The van der Waals surface area contributed by atoms with Crippen LogP contribution in [-0.4, -0.2) is 38.3 Å². The second-order valence-electron chi connectivity index (χ2n) is 6.33. The highest BCUT2D eigenvalue weighted by Gasteiger charge is 2.11. The zero-order valence-electron chi connectivity index (χ0n) is 14.6. The van der Waals surface area contributed by atoms with Crippen LogP contribution in [0.5, 0.6) is 0 Å². The van der Waals surface area contributed by atoms with E-state index >= 15 is 0 Å². The van der Waals surface area contributed by atoms with Gasteiger partial charge in [-0.1, -0.05) is 12.1 Å². The van der Waals surface area contributed by atoms with Gasteiger partial charge in [-0.2, -0.15) is 5.10 Å². The zero-order valence-corrected chi connectivity index (χ0v) is 14.6. The third-order valence-electron chi connectivity index (χ3n) is 4.08.